The average molecular weight is 288 g/mol. The van der Waals surface area contributed by atoms with Gasteiger partial charge in [-0.25, -0.2) is 9.18 Å². The zero-order valence-electron chi connectivity index (χ0n) is 10.9. The lowest BCUT2D eigenvalue weighted by Crippen LogP contribution is -2.52. The van der Waals surface area contributed by atoms with Gasteiger partial charge < -0.3 is 10.1 Å². The second kappa shape index (κ2) is 6.02. The summed E-state index contributed by atoms with van der Waals surface area (Å²) in [6.45, 7) is 3.23. The number of nitrogens with one attached hydrogen (secondary N) is 1. The molecule has 0 aliphatic rings. The smallest absolute Gasteiger partial charge is 0.331 e. The van der Waals surface area contributed by atoms with E-state index in [2.05, 4.69) is 10.1 Å². The summed E-state index contributed by atoms with van der Waals surface area (Å²) in [7, 11) is 1.22. The first-order valence-electron chi connectivity index (χ1n) is 5.70. The van der Waals surface area contributed by atoms with E-state index in [0.717, 1.165) is 6.07 Å². The molecule has 0 aliphatic carbocycles. The highest BCUT2D eigenvalue weighted by Gasteiger charge is 2.34. The lowest BCUT2D eigenvalue weighted by atomic mass is 9.98. The van der Waals surface area contributed by atoms with E-state index in [1.165, 1.54) is 26.2 Å². The van der Waals surface area contributed by atoms with E-state index in [9.17, 15) is 14.0 Å². The van der Waals surface area contributed by atoms with E-state index in [4.69, 9.17) is 11.6 Å². The van der Waals surface area contributed by atoms with Gasteiger partial charge in [-0.15, -0.1) is 0 Å². The van der Waals surface area contributed by atoms with Gasteiger partial charge in [-0.3, -0.25) is 4.79 Å². The molecule has 0 saturated carbocycles. The third-order valence-corrected chi connectivity index (χ3v) is 3.14. The van der Waals surface area contributed by atoms with Crippen molar-refractivity contribution in [3.63, 3.8) is 0 Å². The van der Waals surface area contributed by atoms with E-state index in [-0.39, 0.29) is 10.6 Å². The summed E-state index contributed by atoms with van der Waals surface area (Å²) >= 11 is 5.72. The first-order chi connectivity index (χ1) is 8.84. The van der Waals surface area contributed by atoms with Gasteiger partial charge in [0.15, 0.2) is 0 Å². The Morgan fingerprint density at radius 2 is 2.11 bits per heavy atom. The summed E-state index contributed by atoms with van der Waals surface area (Å²) in [6.07, 6.45) is 0.313. The van der Waals surface area contributed by atoms with Crippen molar-refractivity contribution in [2.24, 2.45) is 0 Å². The number of carbonyl (C=O) groups is 2. The van der Waals surface area contributed by atoms with Gasteiger partial charge in [0.1, 0.15) is 11.4 Å². The standard InChI is InChI=1S/C13H15ClFNO3/c1-4-13(2,12(18)19-3)16-11(17)9-7-8(14)5-6-10(9)15/h5-7H,4H2,1-3H3,(H,16,17)/t13-/m1/s1. The monoisotopic (exact) mass is 287 g/mol. The number of hydrogen-bond acceptors (Lipinski definition) is 3. The summed E-state index contributed by atoms with van der Waals surface area (Å²) in [6, 6.07) is 3.64. The van der Waals surface area contributed by atoms with E-state index in [0.29, 0.717) is 6.42 Å². The molecule has 1 rings (SSSR count). The van der Waals surface area contributed by atoms with Gasteiger partial charge >= 0.3 is 5.97 Å². The molecule has 1 aromatic carbocycles. The van der Waals surface area contributed by atoms with Crippen LogP contribution in [0.25, 0.3) is 0 Å². The fraction of sp³-hybridized carbons (Fsp3) is 0.385. The van der Waals surface area contributed by atoms with Gasteiger partial charge in [0.25, 0.3) is 5.91 Å². The van der Waals surface area contributed by atoms with Crippen molar-refractivity contribution in [1.29, 1.82) is 0 Å². The SMILES string of the molecule is CC[C@@](C)(NC(=O)c1cc(Cl)ccc1F)C(=O)OC. The van der Waals surface area contributed by atoms with Crippen molar-refractivity contribution in [1.82, 2.24) is 5.32 Å². The number of carbonyl (C=O) groups excluding carboxylic acids is 2. The molecule has 0 heterocycles. The summed E-state index contributed by atoms with van der Waals surface area (Å²) < 4.78 is 18.2. The minimum Gasteiger partial charge on any atom is -0.467 e. The Morgan fingerprint density at radius 1 is 1.47 bits per heavy atom. The lowest BCUT2D eigenvalue weighted by Gasteiger charge is -2.26. The highest BCUT2D eigenvalue weighted by molar-refractivity contribution is 6.31. The van der Waals surface area contributed by atoms with Crippen molar-refractivity contribution in [2.75, 3.05) is 7.11 Å². The van der Waals surface area contributed by atoms with Crippen LogP contribution in [0.3, 0.4) is 0 Å². The van der Waals surface area contributed by atoms with Gasteiger partial charge in [0, 0.05) is 5.02 Å². The molecule has 0 fully saturated rings. The Hall–Kier alpha value is -1.62. The average Bonchev–Trinajstić information content (AvgIpc) is 2.40. The number of benzene rings is 1. The topological polar surface area (TPSA) is 55.4 Å². The van der Waals surface area contributed by atoms with Crippen LogP contribution in [-0.4, -0.2) is 24.5 Å². The summed E-state index contributed by atoms with van der Waals surface area (Å²) in [5, 5.41) is 2.70. The highest BCUT2D eigenvalue weighted by atomic mass is 35.5. The normalized spacial score (nSPS) is 13.5. The molecule has 104 valence electrons. The molecule has 1 amide bonds. The molecule has 0 saturated heterocycles. The van der Waals surface area contributed by atoms with Crippen LogP contribution in [0, 0.1) is 5.82 Å². The van der Waals surface area contributed by atoms with Crippen LogP contribution < -0.4 is 5.32 Å². The lowest BCUT2D eigenvalue weighted by molar-refractivity contribution is -0.147. The summed E-state index contributed by atoms with van der Waals surface area (Å²) in [5.41, 5.74) is -1.42. The molecule has 0 aromatic heterocycles. The Bertz CT molecular complexity index is 507. The number of ether oxygens (including phenoxy) is 1. The van der Waals surface area contributed by atoms with Crippen molar-refractivity contribution < 1.29 is 18.7 Å². The van der Waals surface area contributed by atoms with E-state index in [1.807, 2.05) is 0 Å². The molecule has 6 heteroatoms. The van der Waals surface area contributed by atoms with Crippen LogP contribution in [-0.2, 0) is 9.53 Å². The van der Waals surface area contributed by atoms with Crippen LogP contribution in [0.4, 0.5) is 4.39 Å². The quantitative estimate of drug-likeness (QED) is 0.866. The summed E-state index contributed by atoms with van der Waals surface area (Å²) in [4.78, 5) is 23.6. The predicted molar refractivity (Wildman–Crippen MR) is 69.6 cm³/mol. The molecule has 1 aromatic rings. The first kappa shape index (κ1) is 15.4. The van der Waals surface area contributed by atoms with E-state index >= 15 is 0 Å². The van der Waals surface area contributed by atoms with Gasteiger partial charge in [-0.1, -0.05) is 18.5 Å². The van der Waals surface area contributed by atoms with Gasteiger partial charge in [0.2, 0.25) is 0 Å². The third-order valence-electron chi connectivity index (χ3n) is 2.91. The molecule has 0 radical (unpaired) electrons. The Kier molecular flexibility index (Phi) is 4.89. The van der Waals surface area contributed by atoms with Crippen LogP contribution in [0.15, 0.2) is 18.2 Å². The molecule has 4 nitrogen and oxygen atoms in total. The van der Waals surface area contributed by atoms with Crippen molar-refractivity contribution in [3.8, 4) is 0 Å². The molecular formula is C13H15ClFNO3. The maximum Gasteiger partial charge on any atom is 0.331 e. The third kappa shape index (κ3) is 3.44. The number of methoxy groups -OCH3 is 1. The molecule has 0 spiro atoms. The van der Waals surface area contributed by atoms with Crippen molar-refractivity contribution >= 4 is 23.5 Å². The Morgan fingerprint density at radius 3 is 2.63 bits per heavy atom. The van der Waals surface area contributed by atoms with Crippen LogP contribution >= 0.6 is 11.6 Å². The molecule has 0 aliphatic heterocycles. The largest absolute Gasteiger partial charge is 0.467 e. The molecule has 0 unspecified atom stereocenters. The number of amides is 1. The second-order valence-corrected chi connectivity index (χ2v) is 4.69. The van der Waals surface area contributed by atoms with E-state index < -0.39 is 23.2 Å². The van der Waals surface area contributed by atoms with Gasteiger partial charge in [0.05, 0.1) is 12.7 Å². The van der Waals surface area contributed by atoms with Crippen molar-refractivity contribution in [2.45, 2.75) is 25.8 Å². The van der Waals surface area contributed by atoms with Crippen molar-refractivity contribution in [3.05, 3.63) is 34.6 Å². The van der Waals surface area contributed by atoms with Gasteiger partial charge in [-0.05, 0) is 31.5 Å². The first-order valence-corrected chi connectivity index (χ1v) is 6.08. The minimum atomic E-state index is -1.21. The maximum atomic E-state index is 13.5. The maximum absolute atomic E-state index is 13.5. The zero-order chi connectivity index (χ0) is 14.6. The zero-order valence-corrected chi connectivity index (χ0v) is 11.7. The molecule has 19 heavy (non-hydrogen) atoms. The minimum absolute atomic E-state index is 0.212. The molecule has 1 N–H and O–H groups in total. The predicted octanol–water partition coefficient (Wildman–Crippen LogP) is 2.55. The highest BCUT2D eigenvalue weighted by Crippen LogP contribution is 2.17. The second-order valence-electron chi connectivity index (χ2n) is 4.26. The summed E-state index contributed by atoms with van der Waals surface area (Å²) in [5.74, 6) is -2.01. The van der Waals surface area contributed by atoms with Crippen LogP contribution in [0.1, 0.15) is 30.6 Å². The number of rotatable bonds is 4. The van der Waals surface area contributed by atoms with Crippen LogP contribution in [0.2, 0.25) is 5.02 Å². The number of halogens is 2. The Balaban J connectivity index is 3.01. The molecule has 0 bridgehead atoms. The number of hydrogen-bond donors (Lipinski definition) is 1. The fourth-order valence-electron chi connectivity index (χ4n) is 1.50. The Labute approximate surface area is 115 Å². The molecule has 1 atom stereocenters. The van der Waals surface area contributed by atoms with E-state index in [1.54, 1.807) is 6.92 Å². The van der Waals surface area contributed by atoms with Gasteiger partial charge in [-0.2, -0.15) is 0 Å². The fourth-order valence-corrected chi connectivity index (χ4v) is 1.67. The number of esters is 1. The van der Waals surface area contributed by atoms with Crippen LogP contribution in [0.5, 0.6) is 0 Å². The molecular weight excluding hydrogens is 273 g/mol.